The van der Waals surface area contributed by atoms with Crippen molar-refractivity contribution in [3.05, 3.63) is 58.1 Å². The van der Waals surface area contributed by atoms with E-state index in [1.54, 1.807) is 18.3 Å². The van der Waals surface area contributed by atoms with Gasteiger partial charge in [-0.15, -0.1) is 0 Å². The van der Waals surface area contributed by atoms with Gasteiger partial charge in [-0.25, -0.2) is 5.43 Å². The summed E-state index contributed by atoms with van der Waals surface area (Å²) in [5.74, 6) is 0.414. The molecule has 2 aromatic carbocycles. The number of carbonyl (C=O) groups excluding carboxylic acids is 1. The standard InChI is InChI=1S/C21H26ClN3O2/c1-5-16(4)27-20-9-7-17(11-19(20)22)12-24-25-21(26)13-23-18-8-6-14(2)15(3)10-18/h6-12,16,23H,5,13H2,1-4H3,(H,25,26)/b24-12-/t16-/m0/s1. The van der Waals surface area contributed by atoms with Gasteiger partial charge in [0.1, 0.15) is 5.75 Å². The predicted octanol–water partition coefficient (Wildman–Crippen LogP) is 4.70. The van der Waals surface area contributed by atoms with Gasteiger partial charge in [0.15, 0.2) is 0 Å². The van der Waals surface area contributed by atoms with Crippen molar-refractivity contribution in [3.8, 4) is 5.75 Å². The van der Waals surface area contributed by atoms with Crippen LogP contribution in [0.15, 0.2) is 41.5 Å². The van der Waals surface area contributed by atoms with E-state index in [-0.39, 0.29) is 18.6 Å². The number of anilines is 1. The number of rotatable bonds is 8. The van der Waals surface area contributed by atoms with Crippen LogP contribution in [-0.2, 0) is 4.79 Å². The van der Waals surface area contributed by atoms with Crippen molar-refractivity contribution in [1.29, 1.82) is 0 Å². The van der Waals surface area contributed by atoms with Crippen molar-refractivity contribution in [1.82, 2.24) is 5.43 Å². The van der Waals surface area contributed by atoms with Crippen molar-refractivity contribution < 1.29 is 9.53 Å². The Kier molecular flexibility index (Phi) is 7.67. The topological polar surface area (TPSA) is 62.7 Å². The first-order valence-corrected chi connectivity index (χ1v) is 9.36. The molecule has 1 amide bonds. The van der Waals surface area contributed by atoms with Gasteiger partial charge in [0.25, 0.3) is 5.91 Å². The monoisotopic (exact) mass is 387 g/mol. The van der Waals surface area contributed by atoms with Crippen LogP contribution in [0.4, 0.5) is 5.69 Å². The summed E-state index contributed by atoms with van der Waals surface area (Å²) < 4.78 is 5.73. The molecule has 6 heteroatoms. The molecule has 0 spiro atoms. The molecule has 27 heavy (non-hydrogen) atoms. The van der Waals surface area contributed by atoms with E-state index in [2.05, 4.69) is 29.7 Å². The molecule has 0 aliphatic heterocycles. The second-order valence-corrected chi connectivity index (χ2v) is 6.88. The van der Waals surface area contributed by atoms with Gasteiger partial charge in [-0.3, -0.25) is 4.79 Å². The Hall–Kier alpha value is -2.53. The maximum atomic E-state index is 11.9. The predicted molar refractivity (Wildman–Crippen MR) is 112 cm³/mol. The Morgan fingerprint density at radius 2 is 2.00 bits per heavy atom. The van der Waals surface area contributed by atoms with Crippen molar-refractivity contribution in [2.24, 2.45) is 5.10 Å². The number of hydrogen-bond donors (Lipinski definition) is 2. The lowest BCUT2D eigenvalue weighted by Crippen LogP contribution is -2.25. The van der Waals surface area contributed by atoms with E-state index in [9.17, 15) is 4.79 Å². The van der Waals surface area contributed by atoms with Crippen LogP contribution in [0.5, 0.6) is 5.75 Å². The number of amides is 1. The van der Waals surface area contributed by atoms with Crippen LogP contribution in [0, 0.1) is 13.8 Å². The second kappa shape index (κ2) is 9.97. The number of carbonyl (C=O) groups is 1. The molecule has 1 atom stereocenters. The lowest BCUT2D eigenvalue weighted by molar-refractivity contribution is -0.119. The largest absolute Gasteiger partial charge is 0.489 e. The number of benzene rings is 2. The van der Waals surface area contributed by atoms with Gasteiger partial charge in [0.05, 0.1) is 23.9 Å². The molecule has 0 saturated heterocycles. The summed E-state index contributed by atoms with van der Waals surface area (Å²) in [6.07, 6.45) is 2.56. The van der Waals surface area contributed by atoms with Crippen LogP contribution < -0.4 is 15.5 Å². The molecule has 0 heterocycles. The fourth-order valence-electron chi connectivity index (χ4n) is 2.25. The van der Waals surface area contributed by atoms with Gasteiger partial charge in [-0.2, -0.15) is 5.10 Å². The summed E-state index contributed by atoms with van der Waals surface area (Å²) >= 11 is 6.23. The molecule has 0 bridgehead atoms. The highest BCUT2D eigenvalue weighted by molar-refractivity contribution is 6.32. The molecule has 2 N–H and O–H groups in total. The molecule has 0 saturated carbocycles. The molecular formula is C21H26ClN3O2. The number of hydrogen-bond acceptors (Lipinski definition) is 4. The number of ether oxygens (including phenoxy) is 1. The first-order valence-electron chi connectivity index (χ1n) is 8.98. The average Bonchev–Trinajstić information content (AvgIpc) is 2.64. The van der Waals surface area contributed by atoms with Crippen molar-refractivity contribution in [2.45, 2.75) is 40.2 Å². The smallest absolute Gasteiger partial charge is 0.259 e. The third-order valence-electron chi connectivity index (χ3n) is 4.22. The highest BCUT2D eigenvalue weighted by Crippen LogP contribution is 2.26. The third kappa shape index (κ3) is 6.61. The van der Waals surface area contributed by atoms with Crippen LogP contribution in [0.25, 0.3) is 0 Å². The molecule has 0 aliphatic rings. The number of nitrogens with one attached hydrogen (secondary N) is 2. The second-order valence-electron chi connectivity index (χ2n) is 6.47. The zero-order valence-corrected chi connectivity index (χ0v) is 16.9. The highest BCUT2D eigenvalue weighted by atomic mass is 35.5. The van der Waals surface area contributed by atoms with Crippen LogP contribution in [0.3, 0.4) is 0 Å². The van der Waals surface area contributed by atoms with Crippen molar-refractivity contribution in [3.63, 3.8) is 0 Å². The maximum absolute atomic E-state index is 11.9. The Labute approximate surface area is 165 Å². The van der Waals surface area contributed by atoms with Gasteiger partial charge >= 0.3 is 0 Å². The van der Waals surface area contributed by atoms with Crippen LogP contribution in [0.1, 0.15) is 37.0 Å². The minimum atomic E-state index is -0.229. The van der Waals surface area contributed by atoms with Crippen molar-refractivity contribution in [2.75, 3.05) is 11.9 Å². The molecule has 144 valence electrons. The maximum Gasteiger partial charge on any atom is 0.259 e. The van der Waals surface area contributed by atoms with Gasteiger partial charge in [0, 0.05) is 5.69 Å². The molecule has 0 radical (unpaired) electrons. The molecule has 0 aromatic heterocycles. The zero-order valence-electron chi connectivity index (χ0n) is 16.2. The van der Waals surface area contributed by atoms with E-state index < -0.39 is 0 Å². The highest BCUT2D eigenvalue weighted by Gasteiger charge is 2.06. The normalized spacial score (nSPS) is 12.0. The summed E-state index contributed by atoms with van der Waals surface area (Å²) in [6.45, 7) is 8.28. The van der Waals surface area contributed by atoms with Crippen LogP contribution in [0.2, 0.25) is 5.02 Å². The average molecular weight is 388 g/mol. The molecule has 0 unspecified atom stereocenters. The number of nitrogens with zero attached hydrogens (tertiary/aromatic N) is 1. The summed E-state index contributed by atoms with van der Waals surface area (Å²) in [6, 6.07) is 11.4. The van der Waals surface area contributed by atoms with Gasteiger partial charge < -0.3 is 10.1 Å². The Bertz CT molecular complexity index is 821. The van der Waals surface area contributed by atoms with E-state index in [0.717, 1.165) is 17.7 Å². The first-order chi connectivity index (χ1) is 12.9. The molecule has 2 rings (SSSR count). The first kappa shape index (κ1) is 20.8. The quantitative estimate of drug-likeness (QED) is 0.510. The summed E-state index contributed by atoms with van der Waals surface area (Å²) in [7, 11) is 0. The fourth-order valence-corrected chi connectivity index (χ4v) is 2.48. The molecule has 2 aromatic rings. The molecule has 5 nitrogen and oxygen atoms in total. The number of aryl methyl sites for hydroxylation is 2. The minimum absolute atomic E-state index is 0.103. The van der Waals surface area contributed by atoms with Crippen LogP contribution >= 0.6 is 11.6 Å². The van der Waals surface area contributed by atoms with E-state index >= 15 is 0 Å². The summed E-state index contributed by atoms with van der Waals surface area (Å²) in [4.78, 5) is 11.9. The SMILES string of the molecule is CC[C@H](C)Oc1ccc(/C=N\NC(=O)CNc2ccc(C)c(C)c2)cc1Cl. The number of hydrazone groups is 1. The molecule has 0 fully saturated rings. The third-order valence-corrected chi connectivity index (χ3v) is 4.52. The number of halogens is 1. The van der Waals surface area contributed by atoms with Gasteiger partial charge in [0.2, 0.25) is 0 Å². The van der Waals surface area contributed by atoms with Crippen molar-refractivity contribution >= 4 is 29.4 Å². The Morgan fingerprint density at radius 1 is 1.22 bits per heavy atom. The van der Waals surface area contributed by atoms with Crippen LogP contribution in [-0.4, -0.2) is 24.8 Å². The molecule has 0 aliphatic carbocycles. The Morgan fingerprint density at radius 3 is 2.67 bits per heavy atom. The summed E-state index contributed by atoms with van der Waals surface area (Å²) in [5.41, 5.74) is 6.57. The van der Waals surface area contributed by atoms with E-state index in [1.165, 1.54) is 11.1 Å². The minimum Gasteiger partial charge on any atom is -0.489 e. The zero-order chi connectivity index (χ0) is 19.8. The fraction of sp³-hybridized carbons (Fsp3) is 0.333. The molecular weight excluding hydrogens is 362 g/mol. The van der Waals surface area contributed by atoms with E-state index in [0.29, 0.717) is 10.8 Å². The Balaban J connectivity index is 1.84. The lowest BCUT2D eigenvalue weighted by Gasteiger charge is -2.13. The summed E-state index contributed by atoms with van der Waals surface area (Å²) in [5, 5.41) is 7.56. The van der Waals surface area contributed by atoms with E-state index in [1.807, 2.05) is 38.1 Å². The lowest BCUT2D eigenvalue weighted by atomic mass is 10.1. The van der Waals surface area contributed by atoms with E-state index in [4.69, 9.17) is 16.3 Å². The van der Waals surface area contributed by atoms with Gasteiger partial charge in [-0.05, 0) is 74.2 Å². The van der Waals surface area contributed by atoms with Gasteiger partial charge in [-0.1, -0.05) is 24.6 Å².